The van der Waals surface area contributed by atoms with Crippen LogP contribution in [0.3, 0.4) is 0 Å². The van der Waals surface area contributed by atoms with Gasteiger partial charge in [-0.2, -0.15) is 0 Å². The molecule has 4 aliphatic rings. The minimum absolute atomic E-state index is 0.211. The summed E-state index contributed by atoms with van der Waals surface area (Å²) >= 11 is 0. The van der Waals surface area contributed by atoms with E-state index in [-0.39, 0.29) is 5.41 Å². The van der Waals surface area contributed by atoms with Crippen LogP contribution in [0.25, 0.3) is 0 Å². The molecule has 5 rings (SSSR count). The fraction of sp³-hybridized carbons (Fsp3) is 0.667. The Morgan fingerprint density at radius 2 is 1.94 bits per heavy atom. The summed E-state index contributed by atoms with van der Waals surface area (Å²) in [6.07, 6.45) is 12.3. The molecular formula is C30H39NO5. The number of ether oxygens (including phenoxy) is 2. The molecule has 0 aromatic heterocycles. The standard InChI is InChI=1S/C30H39NO5/c1-6-30(34)16-14-24-23-11-9-19-18-20(10-12-21(19)22(23)13-15-29(24,30)5)35-26(32)25-8-7-17-31(25)27(33)36-28(2,3)4/h1,10,12,18,22-25,34H,7-9,11,13-17H2,2-5H3/t22?,23?,24?,25-,29+,30+/m1/s1. The summed E-state index contributed by atoms with van der Waals surface area (Å²) in [4.78, 5) is 27.1. The highest BCUT2D eigenvalue weighted by Gasteiger charge is 2.61. The van der Waals surface area contributed by atoms with E-state index in [9.17, 15) is 14.7 Å². The number of rotatable bonds is 2. The lowest BCUT2D eigenvalue weighted by molar-refractivity contribution is -0.139. The summed E-state index contributed by atoms with van der Waals surface area (Å²) in [6, 6.07) is 5.41. The Kier molecular flexibility index (Phi) is 6.15. The second-order valence-corrected chi connectivity index (χ2v) is 12.5. The van der Waals surface area contributed by atoms with Gasteiger partial charge in [-0.3, -0.25) is 4.90 Å². The van der Waals surface area contributed by atoms with E-state index in [0.29, 0.717) is 42.9 Å². The highest BCUT2D eigenvalue weighted by molar-refractivity contribution is 5.83. The second kappa shape index (κ2) is 8.80. The minimum atomic E-state index is -0.992. The van der Waals surface area contributed by atoms with Crippen LogP contribution in [0.5, 0.6) is 5.75 Å². The van der Waals surface area contributed by atoms with Gasteiger partial charge in [0.15, 0.2) is 0 Å². The summed E-state index contributed by atoms with van der Waals surface area (Å²) in [7, 11) is 0. The van der Waals surface area contributed by atoms with Crippen molar-refractivity contribution in [3.63, 3.8) is 0 Å². The number of aliphatic hydroxyl groups is 1. The van der Waals surface area contributed by atoms with Crippen molar-refractivity contribution >= 4 is 12.1 Å². The molecule has 0 spiro atoms. The summed E-state index contributed by atoms with van der Waals surface area (Å²) in [6.45, 7) is 8.15. The van der Waals surface area contributed by atoms with Gasteiger partial charge in [-0.1, -0.05) is 18.9 Å². The normalized spacial score (nSPS) is 35.3. The Labute approximate surface area is 214 Å². The first-order chi connectivity index (χ1) is 17.0. The van der Waals surface area contributed by atoms with Crippen LogP contribution in [0, 0.1) is 29.6 Å². The highest BCUT2D eigenvalue weighted by Crippen LogP contribution is 2.64. The predicted molar refractivity (Wildman–Crippen MR) is 136 cm³/mol. The van der Waals surface area contributed by atoms with E-state index < -0.39 is 29.3 Å². The van der Waals surface area contributed by atoms with Gasteiger partial charge in [0.1, 0.15) is 23.0 Å². The smallest absolute Gasteiger partial charge is 0.411 e. The number of likely N-dealkylation sites (tertiary alicyclic amines) is 1. The Morgan fingerprint density at radius 3 is 2.67 bits per heavy atom. The molecule has 3 unspecified atom stereocenters. The quantitative estimate of drug-likeness (QED) is 0.348. The highest BCUT2D eigenvalue weighted by atomic mass is 16.6. The Balaban J connectivity index is 1.29. The number of benzene rings is 1. The molecule has 1 aromatic carbocycles. The van der Waals surface area contributed by atoms with Crippen LogP contribution in [0.2, 0.25) is 0 Å². The molecule has 3 fully saturated rings. The van der Waals surface area contributed by atoms with Crippen molar-refractivity contribution < 1.29 is 24.2 Å². The van der Waals surface area contributed by atoms with Crippen LogP contribution < -0.4 is 4.74 Å². The average molecular weight is 494 g/mol. The molecule has 1 aromatic rings. The number of amides is 1. The summed E-state index contributed by atoms with van der Waals surface area (Å²) in [5.41, 5.74) is 0.774. The molecule has 36 heavy (non-hydrogen) atoms. The zero-order valence-electron chi connectivity index (χ0n) is 22.0. The van der Waals surface area contributed by atoms with Gasteiger partial charge in [0.25, 0.3) is 0 Å². The van der Waals surface area contributed by atoms with Gasteiger partial charge < -0.3 is 14.6 Å². The Bertz CT molecular complexity index is 1100. The summed E-state index contributed by atoms with van der Waals surface area (Å²) in [5, 5.41) is 11.1. The van der Waals surface area contributed by atoms with Gasteiger partial charge in [-0.25, -0.2) is 9.59 Å². The number of aryl methyl sites for hydroxylation is 1. The molecule has 3 aliphatic carbocycles. The van der Waals surface area contributed by atoms with Crippen LogP contribution in [0.1, 0.15) is 89.7 Å². The van der Waals surface area contributed by atoms with E-state index in [1.165, 1.54) is 16.0 Å². The van der Waals surface area contributed by atoms with Crippen molar-refractivity contribution in [3.8, 4) is 18.1 Å². The Morgan fingerprint density at radius 1 is 1.17 bits per heavy atom. The van der Waals surface area contributed by atoms with Crippen LogP contribution >= 0.6 is 0 Å². The Hall–Kier alpha value is -2.52. The maximum atomic E-state index is 13.0. The molecular weight excluding hydrogens is 454 g/mol. The van der Waals surface area contributed by atoms with E-state index >= 15 is 0 Å². The molecule has 1 N–H and O–H groups in total. The molecule has 1 heterocycles. The van der Waals surface area contributed by atoms with Gasteiger partial charge in [-0.15, -0.1) is 6.42 Å². The van der Waals surface area contributed by atoms with E-state index in [0.717, 1.165) is 38.5 Å². The van der Waals surface area contributed by atoms with Crippen molar-refractivity contribution in [2.75, 3.05) is 6.54 Å². The van der Waals surface area contributed by atoms with Gasteiger partial charge in [0, 0.05) is 12.0 Å². The predicted octanol–water partition coefficient (Wildman–Crippen LogP) is 5.21. The minimum Gasteiger partial charge on any atom is -0.444 e. The first-order valence-electron chi connectivity index (χ1n) is 13.5. The van der Waals surface area contributed by atoms with Crippen LogP contribution in [-0.4, -0.2) is 45.9 Å². The van der Waals surface area contributed by atoms with Crippen molar-refractivity contribution in [1.29, 1.82) is 0 Å². The van der Waals surface area contributed by atoms with Gasteiger partial charge in [-0.05, 0) is 113 Å². The average Bonchev–Trinajstić information content (AvgIpc) is 3.41. The third-order valence-corrected chi connectivity index (χ3v) is 9.46. The van der Waals surface area contributed by atoms with E-state index in [1.54, 1.807) is 0 Å². The zero-order valence-corrected chi connectivity index (χ0v) is 22.0. The molecule has 1 amide bonds. The lowest BCUT2D eigenvalue weighted by Crippen LogP contribution is -2.50. The topological polar surface area (TPSA) is 76.1 Å². The number of fused-ring (bicyclic) bond motifs is 5. The number of hydrogen-bond acceptors (Lipinski definition) is 5. The molecule has 0 radical (unpaired) electrons. The maximum Gasteiger partial charge on any atom is 0.411 e. The van der Waals surface area contributed by atoms with Gasteiger partial charge in [0.05, 0.1) is 0 Å². The van der Waals surface area contributed by atoms with Gasteiger partial charge >= 0.3 is 12.1 Å². The largest absolute Gasteiger partial charge is 0.444 e. The molecule has 2 saturated carbocycles. The number of carbonyl (C=O) groups is 2. The molecule has 1 saturated heterocycles. The number of nitrogens with zero attached hydrogens (tertiary/aromatic N) is 1. The molecule has 6 heteroatoms. The van der Waals surface area contributed by atoms with E-state index in [2.05, 4.69) is 18.9 Å². The number of terminal acetylenes is 1. The summed E-state index contributed by atoms with van der Waals surface area (Å²) < 4.78 is 11.3. The van der Waals surface area contributed by atoms with Crippen molar-refractivity contribution in [1.82, 2.24) is 4.90 Å². The van der Waals surface area contributed by atoms with E-state index in [4.69, 9.17) is 15.9 Å². The lowest BCUT2D eigenvalue weighted by Gasteiger charge is -2.52. The fourth-order valence-corrected chi connectivity index (χ4v) is 7.61. The maximum absolute atomic E-state index is 13.0. The number of carbonyl (C=O) groups excluding carboxylic acids is 2. The molecule has 194 valence electrons. The SMILES string of the molecule is C#C[C@]1(O)CCC2C3CCc4cc(OC(=O)[C@H]5CCCN5C(=O)OC(C)(C)C)ccc4C3CC[C@@]21C. The summed E-state index contributed by atoms with van der Waals surface area (Å²) in [5.74, 6) is 4.28. The van der Waals surface area contributed by atoms with Crippen molar-refractivity contribution in [2.45, 2.75) is 102 Å². The number of esters is 1. The fourth-order valence-electron chi connectivity index (χ4n) is 7.61. The third-order valence-electron chi connectivity index (χ3n) is 9.46. The molecule has 1 aliphatic heterocycles. The monoisotopic (exact) mass is 493 g/mol. The molecule has 0 bridgehead atoms. The molecule has 6 atom stereocenters. The van der Waals surface area contributed by atoms with Crippen molar-refractivity contribution in [2.24, 2.45) is 17.3 Å². The molecule has 6 nitrogen and oxygen atoms in total. The van der Waals surface area contributed by atoms with Crippen LogP contribution in [0.15, 0.2) is 18.2 Å². The lowest BCUT2D eigenvalue weighted by atomic mass is 9.53. The third kappa shape index (κ3) is 4.10. The van der Waals surface area contributed by atoms with Gasteiger partial charge in [0.2, 0.25) is 0 Å². The van der Waals surface area contributed by atoms with Crippen LogP contribution in [0.4, 0.5) is 4.79 Å². The second-order valence-electron chi connectivity index (χ2n) is 12.5. The van der Waals surface area contributed by atoms with E-state index in [1.807, 2.05) is 32.9 Å². The number of hydrogen-bond donors (Lipinski definition) is 1. The van der Waals surface area contributed by atoms with Crippen LogP contribution in [-0.2, 0) is 16.0 Å². The van der Waals surface area contributed by atoms with Crippen molar-refractivity contribution in [3.05, 3.63) is 29.3 Å². The first-order valence-corrected chi connectivity index (χ1v) is 13.5. The first kappa shape index (κ1) is 25.1. The zero-order chi connectivity index (χ0) is 25.9.